The lowest BCUT2D eigenvalue weighted by Gasteiger charge is -2.31. The average molecular weight is 296 g/mol. The summed E-state index contributed by atoms with van der Waals surface area (Å²) in [4.78, 5) is 0.414. The number of hydrogen-bond acceptors (Lipinski definition) is 3. The van der Waals surface area contributed by atoms with Crippen LogP contribution in [0.25, 0.3) is 0 Å². The molecule has 112 valence electrons. The van der Waals surface area contributed by atoms with Gasteiger partial charge in [0.25, 0.3) is 0 Å². The molecular weight excluding hydrogens is 272 g/mol. The Morgan fingerprint density at radius 1 is 1.30 bits per heavy atom. The molecule has 1 heterocycles. The number of sulfonamides is 1. The molecular formula is C15H24N2O2S. The van der Waals surface area contributed by atoms with Crippen LogP contribution in [0.1, 0.15) is 31.7 Å². The molecule has 1 aliphatic heterocycles. The quantitative estimate of drug-likeness (QED) is 0.906. The van der Waals surface area contributed by atoms with Gasteiger partial charge in [0.2, 0.25) is 10.0 Å². The second kappa shape index (κ2) is 6.70. The van der Waals surface area contributed by atoms with Crippen molar-refractivity contribution < 1.29 is 8.42 Å². The highest BCUT2D eigenvalue weighted by Gasteiger charge is 2.28. The van der Waals surface area contributed by atoms with Gasteiger partial charge in [-0.25, -0.2) is 8.42 Å². The van der Waals surface area contributed by atoms with Crippen LogP contribution in [0.5, 0.6) is 0 Å². The summed E-state index contributed by atoms with van der Waals surface area (Å²) < 4.78 is 26.7. The number of aryl methyl sites for hydroxylation is 1. The lowest BCUT2D eigenvalue weighted by atomic mass is 10.1. The molecule has 0 aliphatic carbocycles. The second-order valence-corrected chi connectivity index (χ2v) is 7.39. The average Bonchev–Trinajstić information content (AvgIpc) is 2.45. The van der Waals surface area contributed by atoms with E-state index in [1.165, 1.54) is 0 Å². The highest BCUT2D eigenvalue weighted by molar-refractivity contribution is 7.89. The molecule has 0 bridgehead atoms. The molecule has 1 aliphatic rings. The predicted molar refractivity (Wildman–Crippen MR) is 81.3 cm³/mol. The van der Waals surface area contributed by atoms with E-state index in [-0.39, 0.29) is 0 Å². The Labute approximate surface area is 122 Å². The first-order valence-corrected chi connectivity index (χ1v) is 8.78. The zero-order valence-corrected chi connectivity index (χ0v) is 13.1. The van der Waals surface area contributed by atoms with E-state index in [1.807, 2.05) is 13.0 Å². The van der Waals surface area contributed by atoms with Gasteiger partial charge in [0.1, 0.15) is 0 Å². The van der Waals surface area contributed by atoms with Crippen molar-refractivity contribution in [3.8, 4) is 0 Å². The summed E-state index contributed by atoms with van der Waals surface area (Å²) in [5.41, 5.74) is 0.977. The van der Waals surface area contributed by atoms with Crippen molar-refractivity contribution in [2.45, 2.75) is 44.0 Å². The fraction of sp³-hybridized carbons (Fsp3) is 0.600. The van der Waals surface area contributed by atoms with Gasteiger partial charge < -0.3 is 5.32 Å². The van der Waals surface area contributed by atoms with E-state index >= 15 is 0 Å². The number of nitrogens with zero attached hydrogens (tertiary/aromatic N) is 1. The molecule has 0 aromatic heterocycles. The van der Waals surface area contributed by atoms with Gasteiger partial charge in [-0.2, -0.15) is 4.31 Å². The van der Waals surface area contributed by atoms with Crippen molar-refractivity contribution in [3.63, 3.8) is 0 Å². The maximum absolute atomic E-state index is 12.6. The maximum Gasteiger partial charge on any atom is 0.243 e. The standard InChI is InChI=1S/C15H24N2O2S/c1-3-9-16-14-7-10-17(11-8-14)20(18,19)15-6-4-5-13(2)12-15/h4-6,12,14,16H,3,7-11H2,1-2H3. The molecule has 0 spiro atoms. The summed E-state index contributed by atoms with van der Waals surface area (Å²) in [6.07, 6.45) is 2.90. The van der Waals surface area contributed by atoms with Crippen LogP contribution in [0.3, 0.4) is 0 Å². The Bertz CT molecular complexity index is 535. The third-order valence-corrected chi connectivity index (χ3v) is 5.66. The minimum atomic E-state index is -3.32. The summed E-state index contributed by atoms with van der Waals surface area (Å²) in [6.45, 7) is 6.29. The molecule has 1 aromatic carbocycles. The molecule has 0 atom stereocenters. The van der Waals surface area contributed by atoms with Crippen LogP contribution in [0, 0.1) is 6.92 Å². The largest absolute Gasteiger partial charge is 0.314 e. The highest BCUT2D eigenvalue weighted by atomic mass is 32.2. The minimum absolute atomic E-state index is 0.414. The first-order valence-electron chi connectivity index (χ1n) is 7.34. The Morgan fingerprint density at radius 2 is 2.00 bits per heavy atom. The fourth-order valence-electron chi connectivity index (χ4n) is 2.57. The molecule has 1 saturated heterocycles. The van der Waals surface area contributed by atoms with Gasteiger partial charge >= 0.3 is 0 Å². The fourth-order valence-corrected chi connectivity index (χ4v) is 4.15. The molecule has 0 saturated carbocycles. The van der Waals surface area contributed by atoms with Gasteiger partial charge in [0.05, 0.1) is 4.90 Å². The van der Waals surface area contributed by atoms with Crippen molar-refractivity contribution in [1.29, 1.82) is 0 Å². The van der Waals surface area contributed by atoms with E-state index in [0.29, 0.717) is 24.0 Å². The molecule has 1 fully saturated rings. The van der Waals surface area contributed by atoms with Crippen LogP contribution in [-0.4, -0.2) is 38.4 Å². The summed E-state index contributed by atoms with van der Waals surface area (Å²) in [5.74, 6) is 0. The van der Waals surface area contributed by atoms with Crippen molar-refractivity contribution in [2.75, 3.05) is 19.6 Å². The molecule has 2 rings (SSSR count). The van der Waals surface area contributed by atoms with Crippen molar-refractivity contribution in [2.24, 2.45) is 0 Å². The summed E-state index contributed by atoms with van der Waals surface area (Å²) >= 11 is 0. The molecule has 4 nitrogen and oxygen atoms in total. The van der Waals surface area contributed by atoms with Crippen molar-refractivity contribution in [3.05, 3.63) is 29.8 Å². The van der Waals surface area contributed by atoms with Crippen LogP contribution in [0.15, 0.2) is 29.2 Å². The van der Waals surface area contributed by atoms with Crippen molar-refractivity contribution in [1.82, 2.24) is 9.62 Å². The molecule has 1 N–H and O–H groups in total. The van der Waals surface area contributed by atoms with Gasteiger partial charge in [-0.15, -0.1) is 0 Å². The Kier molecular flexibility index (Phi) is 5.18. The van der Waals surface area contributed by atoms with Gasteiger partial charge in [-0.1, -0.05) is 19.1 Å². The van der Waals surface area contributed by atoms with E-state index in [4.69, 9.17) is 0 Å². The Balaban J connectivity index is 2.02. The van der Waals surface area contributed by atoms with Crippen LogP contribution in [0.4, 0.5) is 0 Å². The van der Waals surface area contributed by atoms with E-state index in [2.05, 4.69) is 12.2 Å². The first kappa shape index (κ1) is 15.5. The van der Waals surface area contributed by atoms with E-state index < -0.39 is 10.0 Å². The highest BCUT2D eigenvalue weighted by Crippen LogP contribution is 2.21. The number of rotatable bonds is 5. The van der Waals surface area contributed by atoms with Crippen LogP contribution >= 0.6 is 0 Å². The SMILES string of the molecule is CCCNC1CCN(S(=O)(=O)c2cccc(C)c2)CC1. The minimum Gasteiger partial charge on any atom is -0.314 e. The lowest BCUT2D eigenvalue weighted by Crippen LogP contribution is -2.45. The third-order valence-electron chi connectivity index (χ3n) is 3.76. The summed E-state index contributed by atoms with van der Waals surface area (Å²) in [6, 6.07) is 7.61. The molecule has 20 heavy (non-hydrogen) atoms. The number of piperidine rings is 1. The van der Waals surface area contributed by atoms with E-state index in [1.54, 1.807) is 22.5 Å². The van der Waals surface area contributed by atoms with Gasteiger partial charge in [0.15, 0.2) is 0 Å². The monoisotopic (exact) mass is 296 g/mol. The van der Waals surface area contributed by atoms with Gasteiger partial charge in [-0.05, 0) is 50.4 Å². The van der Waals surface area contributed by atoms with Crippen LogP contribution < -0.4 is 5.32 Å². The molecule has 0 unspecified atom stereocenters. The Hall–Kier alpha value is -0.910. The molecule has 0 radical (unpaired) electrons. The molecule has 5 heteroatoms. The predicted octanol–water partition coefficient (Wildman–Crippen LogP) is 2.15. The van der Waals surface area contributed by atoms with Gasteiger partial charge in [-0.3, -0.25) is 0 Å². The third kappa shape index (κ3) is 3.59. The van der Waals surface area contributed by atoms with Crippen LogP contribution in [0.2, 0.25) is 0 Å². The smallest absolute Gasteiger partial charge is 0.243 e. The van der Waals surface area contributed by atoms with Gasteiger partial charge in [0, 0.05) is 19.1 Å². The van der Waals surface area contributed by atoms with E-state index in [9.17, 15) is 8.42 Å². The number of nitrogens with one attached hydrogen (secondary N) is 1. The zero-order valence-electron chi connectivity index (χ0n) is 12.3. The second-order valence-electron chi connectivity index (χ2n) is 5.45. The Morgan fingerprint density at radius 3 is 2.60 bits per heavy atom. The first-order chi connectivity index (χ1) is 9.54. The molecule has 0 amide bonds. The van der Waals surface area contributed by atoms with E-state index in [0.717, 1.165) is 31.4 Å². The topological polar surface area (TPSA) is 49.4 Å². The summed E-state index contributed by atoms with van der Waals surface area (Å²) in [7, 11) is -3.32. The number of hydrogen-bond donors (Lipinski definition) is 1. The molecule has 1 aromatic rings. The van der Waals surface area contributed by atoms with Crippen molar-refractivity contribution >= 4 is 10.0 Å². The number of benzene rings is 1. The van der Waals surface area contributed by atoms with Crippen LogP contribution in [-0.2, 0) is 10.0 Å². The summed E-state index contributed by atoms with van der Waals surface area (Å²) in [5, 5.41) is 3.47. The normalized spacial score (nSPS) is 18.3. The maximum atomic E-state index is 12.6. The zero-order chi connectivity index (χ0) is 14.6. The lowest BCUT2D eigenvalue weighted by molar-refractivity contribution is 0.290.